The van der Waals surface area contributed by atoms with Crippen molar-refractivity contribution in [2.75, 3.05) is 48.3 Å². The molecule has 3 aromatic rings. The Hall–Kier alpha value is -4.24. The number of amides is 3. The summed E-state index contributed by atoms with van der Waals surface area (Å²) in [4.78, 5) is 45.3. The summed E-state index contributed by atoms with van der Waals surface area (Å²) in [6, 6.07) is 20.7. The molecule has 1 saturated heterocycles. The van der Waals surface area contributed by atoms with Crippen LogP contribution in [0.25, 0.3) is 0 Å². The summed E-state index contributed by atoms with van der Waals surface area (Å²) in [5.41, 5.74) is 3.13. The SMILES string of the molecule is CC(=O)Nc1cccc(NC(=O)C(=O)NCC(c2cccnc2)N2CCN(c3ccccc3)CC2)c1. The van der Waals surface area contributed by atoms with Crippen molar-refractivity contribution in [1.29, 1.82) is 0 Å². The Morgan fingerprint density at radius 2 is 1.58 bits per heavy atom. The van der Waals surface area contributed by atoms with Crippen molar-refractivity contribution < 1.29 is 14.4 Å². The van der Waals surface area contributed by atoms with Gasteiger partial charge in [0.25, 0.3) is 0 Å². The van der Waals surface area contributed by atoms with Crippen molar-refractivity contribution in [1.82, 2.24) is 15.2 Å². The highest BCUT2D eigenvalue weighted by Crippen LogP contribution is 2.23. The number of carbonyl (C=O) groups excluding carboxylic acids is 3. The number of nitrogens with zero attached hydrogens (tertiary/aromatic N) is 3. The second kappa shape index (κ2) is 11.9. The molecule has 3 N–H and O–H groups in total. The van der Waals surface area contributed by atoms with E-state index in [9.17, 15) is 14.4 Å². The fourth-order valence-electron chi connectivity index (χ4n) is 4.30. The number of carbonyl (C=O) groups is 3. The largest absolute Gasteiger partial charge is 0.369 e. The molecule has 2 aromatic carbocycles. The monoisotopic (exact) mass is 486 g/mol. The van der Waals surface area contributed by atoms with Crippen molar-refractivity contribution in [3.63, 3.8) is 0 Å². The van der Waals surface area contributed by atoms with Gasteiger partial charge in [-0.1, -0.05) is 30.3 Å². The van der Waals surface area contributed by atoms with Gasteiger partial charge in [-0.3, -0.25) is 24.3 Å². The van der Waals surface area contributed by atoms with Crippen LogP contribution in [0.5, 0.6) is 0 Å². The van der Waals surface area contributed by atoms with E-state index in [1.165, 1.54) is 12.6 Å². The molecule has 1 unspecified atom stereocenters. The van der Waals surface area contributed by atoms with Crippen LogP contribution in [-0.4, -0.2) is 60.3 Å². The van der Waals surface area contributed by atoms with Crippen LogP contribution in [0.2, 0.25) is 0 Å². The molecule has 1 aromatic heterocycles. The van der Waals surface area contributed by atoms with Crippen molar-refractivity contribution in [3.8, 4) is 0 Å². The maximum Gasteiger partial charge on any atom is 0.313 e. The molecule has 1 aliphatic rings. The van der Waals surface area contributed by atoms with E-state index in [4.69, 9.17) is 0 Å². The Balaban J connectivity index is 1.37. The van der Waals surface area contributed by atoms with Crippen molar-refractivity contribution in [3.05, 3.63) is 84.7 Å². The van der Waals surface area contributed by atoms with Gasteiger partial charge in [0.15, 0.2) is 0 Å². The standard InChI is InChI=1S/C27H30N6O3/c1-20(34)30-22-8-5-9-23(17-22)31-27(36)26(35)29-19-25(21-7-6-12-28-18-21)33-15-13-32(14-16-33)24-10-3-2-4-11-24/h2-12,17-18,25H,13-16,19H2,1H3,(H,29,35)(H,30,34)(H,31,36). The number of piperazine rings is 1. The molecule has 0 spiro atoms. The number of aromatic nitrogens is 1. The molecule has 2 heterocycles. The van der Waals surface area contributed by atoms with Gasteiger partial charge in [0.2, 0.25) is 5.91 Å². The molecule has 9 heteroatoms. The lowest BCUT2D eigenvalue weighted by Gasteiger charge is -2.40. The first-order valence-corrected chi connectivity index (χ1v) is 11.9. The van der Waals surface area contributed by atoms with Crippen LogP contribution >= 0.6 is 0 Å². The van der Waals surface area contributed by atoms with Crippen LogP contribution in [0.4, 0.5) is 17.1 Å². The minimum absolute atomic E-state index is 0.114. The van der Waals surface area contributed by atoms with Crippen LogP contribution in [0.15, 0.2) is 79.1 Å². The molecule has 4 rings (SSSR count). The number of benzene rings is 2. The Labute approximate surface area is 210 Å². The van der Waals surface area contributed by atoms with Gasteiger partial charge in [0.05, 0.1) is 6.04 Å². The molecule has 0 bridgehead atoms. The lowest BCUT2D eigenvalue weighted by atomic mass is 10.1. The first-order valence-electron chi connectivity index (χ1n) is 11.9. The number of hydrogen-bond donors (Lipinski definition) is 3. The van der Waals surface area contributed by atoms with Gasteiger partial charge in [-0.15, -0.1) is 0 Å². The second-order valence-electron chi connectivity index (χ2n) is 8.59. The average Bonchev–Trinajstić information content (AvgIpc) is 2.90. The van der Waals surface area contributed by atoms with Gasteiger partial charge in [0.1, 0.15) is 0 Å². The molecule has 0 radical (unpaired) electrons. The lowest BCUT2D eigenvalue weighted by molar-refractivity contribution is -0.136. The number of anilines is 3. The van der Waals surface area contributed by atoms with Gasteiger partial charge >= 0.3 is 11.8 Å². The third-order valence-corrected chi connectivity index (χ3v) is 6.05. The van der Waals surface area contributed by atoms with Crippen LogP contribution < -0.4 is 20.9 Å². The summed E-state index contributed by atoms with van der Waals surface area (Å²) in [5, 5.41) is 8.02. The zero-order valence-electron chi connectivity index (χ0n) is 20.2. The molecular weight excluding hydrogens is 456 g/mol. The minimum Gasteiger partial charge on any atom is -0.369 e. The van der Waals surface area contributed by atoms with Crippen molar-refractivity contribution in [2.24, 2.45) is 0 Å². The third kappa shape index (κ3) is 6.67. The Bertz CT molecular complexity index is 1180. The maximum atomic E-state index is 12.6. The quantitative estimate of drug-likeness (QED) is 0.444. The number of pyridine rings is 1. The molecule has 1 atom stereocenters. The van der Waals surface area contributed by atoms with E-state index in [1.807, 2.05) is 30.3 Å². The average molecular weight is 487 g/mol. The predicted octanol–water partition coefficient (Wildman–Crippen LogP) is 2.66. The van der Waals surface area contributed by atoms with E-state index >= 15 is 0 Å². The molecule has 9 nitrogen and oxygen atoms in total. The van der Waals surface area contributed by atoms with Gasteiger partial charge in [0, 0.05) is 69.1 Å². The Kier molecular flexibility index (Phi) is 8.25. The van der Waals surface area contributed by atoms with Gasteiger partial charge in [-0.05, 0) is 42.0 Å². The zero-order chi connectivity index (χ0) is 25.3. The number of rotatable bonds is 7. The molecule has 0 saturated carbocycles. The molecule has 36 heavy (non-hydrogen) atoms. The zero-order valence-corrected chi connectivity index (χ0v) is 20.2. The topological polar surface area (TPSA) is 107 Å². The summed E-state index contributed by atoms with van der Waals surface area (Å²) >= 11 is 0. The predicted molar refractivity (Wildman–Crippen MR) is 140 cm³/mol. The smallest absolute Gasteiger partial charge is 0.313 e. The van der Waals surface area contributed by atoms with Crippen LogP contribution in [0.1, 0.15) is 18.5 Å². The van der Waals surface area contributed by atoms with Gasteiger partial charge in [-0.25, -0.2) is 0 Å². The van der Waals surface area contributed by atoms with E-state index in [0.29, 0.717) is 11.4 Å². The summed E-state index contributed by atoms with van der Waals surface area (Å²) < 4.78 is 0. The fraction of sp³-hybridized carbons (Fsp3) is 0.259. The molecular formula is C27H30N6O3. The van der Waals surface area contributed by atoms with Gasteiger partial charge < -0.3 is 20.9 Å². The summed E-state index contributed by atoms with van der Waals surface area (Å²) in [5.74, 6) is -1.71. The third-order valence-electron chi connectivity index (χ3n) is 6.05. The number of para-hydroxylation sites is 1. The van der Waals surface area contributed by atoms with E-state index in [-0.39, 0.29) is 18.5 Å². The van der Waals surface area contributed by atoms with E-state index in [1.54, 1.807) is 36.7 Å². The van der Waals surface area contributed by atoms with Crippen LogP contribution in [-0.2, 0) is 14.4 Å². The molecule has 1 aliphatic heterocycles. The molecule has 186 valence electrons. The Morgan fingerprint density at radius 1 is 0.861 bits per heavy atom. The molecule has 0 aliphatic carbocycles. The molecule has 1 fully saturated rings. The second-order valence-corrected chi connectivity index (χ2v) is 8.59. The Morgan fingerprint density at radius 3 is 2.25 bits per heavy atom. The van der Waals surface area contributed by atoms with E-state index < -0.39 is 11.8 Å². The lowest BCUT2D eigenvalue weighted by Crippen LogP contribution is -2.50. The van der Waals surface area contributed by atoms with Crippen LogP contribution in [0, 0.1) is 0 Å². The normalized spacial score (nSPS) is 14.5. The van der Waals surface area contributed by atoms with Crippen LogP contribution in [0.3, 0.4) is 0 Å². The van der Waals surface area contributed by atoms with Crippen molar-refractivity contribution >= 4 is 34.8 Å². The molecule has 3 amide bonds. The summed E-state index contributed by atoms with van der Waals surface area (Å²) in [6.45, 7) is 5.02. The minimum atomic E-state index is -0.770. The van der Waals surface area contributed by atoms with Gasteiger partial charge in [-0.2, -0.15) is 0 Å². The summed E-state index contributed by atoms with van der Waals surface area (Å²) in [7, 11) is 0. The number of hydrogen-bond acceptors (Lipinski definition) is 6. The highest BCUT2D eigenvalue weighted by molar-refractivity contribution is 6.39. The van der Waals surface area contributed by atoms with Crippen molar-refractivity contribution in [2.45, 2.75) is 13.0 Å². The highest BCUT2D eigenvalue weighted by Gasteiger charge is 2.27. The fourth-order valence-corrected chi connectivity index (χ4v) is 4.30. The first-order chi connectivity index (χ1) is 17.5. The first kappa shape index (κ1) is 24.9. The maximum absolute atomic E-state index is 12.6. The van der Waals surface area contributed by atoms with E-state index in [2.05, 4.69) is 42.9 Å². The van der Waals surface area contributed by atoms with E-state index in [0.717, 1.165) is 31.7 Å². The number of nitrogens with one attached hydrogen (secondary N) is 3. The highest BCUT2D eigenvalue weighted by atomic mass is 16.2. The summed E-state index contributed by atoms with van der Waals surface area (Å²) in [6.07, 6.45) is 3.52.